The molecule has 0 aromatic heterocycles. The highest BCUT2D eigenvalue weighted by Gasteiger charge is 2.34. The zero-order chi connectivity index (χ0) is 18.0. The number of thiol groups is 1. The molecule has 0 spiro atoms. The molecule has 0 fully saturated rings. The Balaban J connectivity index is 2.15. The average Bonchev–Trinajstić information content (AvgIpc) is 2.63. The lowest BCUT2D eigenvalue weighted by atomic mass is 10.1. The Hall–Kier alpha value is -2.91. The summed E-state index contributed by atoms with van der Waals surface area (Å²) >= 11 is 4.50. The molecule has 0 saturated heterocycles. The van der Waals surface area contributed by atoms with E-state index in [0.717, 1.165) is 22.6 Å². The molecule has 25 heavy (non-hydrogen) atoms. The highest BCUT2D eigenvalue weighted by molar-refractivity contribution is 7.84. The topological polar surface area (TPSA) is 65.4 Å². The van der Waals surface area contributed by atoms with Gasteiger partial charge in [0.1, 0.15) is 23.6 Å². The van der Waals surface area contributed by atoms with Crippen LogP contribution >= 0.6 is 12.6 Å². The second-order valence-electron chi connectivity index (χ2n) is 5.62. The number of anilines is 1. The first-order chi connectivity index (χ1) is 12.1. The van der Waals surface area contributed by atoms with Crippen LogP contribution in [0.1, 0.15) is 17.3 Å². The molecule has 1 amide bonds. The molecule has 0 bridgehead atoms. The summed E-state index contributed by atoms with van der Waals surface area (Å²) in [4.78, 5) is 14.2. The molecule has 5 nitrogen and oxygen atoms in total. The van der Waals surface area contributed by atoms with E-state index in [0.29, 0.717) is 5.03 Å². The van der Waals surface area contributed by atoms with Gasteiger partial charge in [-0.2, -0.15) is 5.26 Å². The normalized spacial score (nSPS) is 17.1. The van der Waals surface area contributed by atoms with Crippen LogP contribution in [0.25, 0.3) is 0 Å². The number of nitrogens with one attached hydrogen (secondary N) is 1. The van der Waals surface area contributed by atoms with Crippen LogP contribution in [0.15, 0.2) is 59.1 Å². The highest BCUT2D eigenvalue weighted by Crippen LogP contribution is 2.37. The lowest BCUT2D eigenvalue weighted by Gasteiger charge is -2.38. The van der Waals surface area contributed by atoms with Gasteiger partial charge in [0, 0.05) is 5.69 Å². The molecule has 1 unspecified atom stereocenters. The van der Waals surface area contributed by atoms with Crippen molar-refractivity contribution in [2.24, 2.45) is 0 Å². The van der Waals surface area contributed by atoms with Gasteiger partial charge in [-0.25, -0.2) is 0 Å². The molecular formula is C19H17N3O2S. The molecule has 1 aliphatic heterocycles. The van der Waals surface area contributed by atoms with Crippen LogP contribution < -0.4 is 15.0 Å². The lowest BCUT2D eigenvalue weighted by Crippen LogP contribution is -2.46. The predicted octanol–water partition coefficient (Wildman–Crippen LogP) is 3.30. The van der Waals surface area contributed by atoms with E-state index in [9.17, 15) is 10.1 Å². The van der Waals surface area contributed by atoms with Crippen molar-refractivity contribution in [1.82, 2.24) is 5.32 Å². The number of carbonyl (C=O) groups is 1. The molecule has 6 heteroatoms. The van der Waals surface area contributed by atoms with E-state index in [-0.39, 0.29) is 5.57 Å². The first-order valence-corrected chi connectivity index (χ1v) is 8.14. The van der Waals surface area contributed by atoms with E-state index in [2.05, 4.69) is 17.9 Å². The van der Waals surface area contributed by atoms with E-state index in [1.54, 1.807) is 7.11 Å². The molecule has 0 radical (unpaired) electrons. The summed E-state index contributed by atoms with van der Waals surface area (Å²) in [6.07, 6.45) is -0.468. The van der Waals surface area contributed by atoms with Crippen molar-refractivity contribution in [1.29, 1.82) is 5.26 Å². The molecular weight excluding hydrogens is 334 g/mol. The average molecular weight is 351 g/mol. The number of nitrogens with zero attached hydrogens (tertiary/aromatic N) is 2. The van der Waals surface area contributed by atoms with Gasteiger partial charge >= 0.3 is 0 Å². The van der Waals surface area contributed by atoms with Crippen LogP contribution in [-0.4, -0.2) is 13.0 Å². The molecule has 1 heterocycles. The van der Waals surface area contributed by atoms with Gasteiger partial charge in [-0.1, -0.05) is 30.3 Å². The SMILES string of the molecule is COc1ccc(C2NC(=O)C(C#N)=C(S)N2c2ccccc2C)cc1. The predicted molar refractivity (Wildman–Crippen MR) is 99.2 cm³/mol. The van der Waals surface area contributed by atoms with Crippen molar-refractivity contribution < 1.29 is 9.53 Å². The van der Waals surface area contributed by atoms with Crippen molar-refractivity contribution >= 4 is 24.2 Å². The minimum atomic E-state index is -0.468. The summed E-state index contributed by atoms with van der Waals surface area (Å²) in [5.41, 5.74) is 2.75. The number of amides is 1. The van der Waals surface area contributed by atoms with Crippen LogP contribution in [0.4, 0.5) is 5.69 Å². The van der Waals surface area contributed by atoms with E-state index in [1.165, 1.54) is 0 Å². The van der Waals surface area contributed by atoms with Crippen molar-refractivity contribution in [2.45, 2.75) is 13.1 Å². The summed E-state index contributed by atoms with van der Waals surface area (Å²) in [7, 11) is 1.60. The number of methoxy groups -OCH3 is 1. The molecule has 1 atom stereocenters. The molecule has 2 aromatic rings. The highest BCUT2D eigenvalue weighted by atomic mass is 32.1. The Morgan fingerprint density at radius 2 is 1.88 bits per heavy atom. The number of para-hydroxylation sites is 1. The van der Waals surface area contributed by atoms with Crippen LogP contribution in [0.5, 0.6) is 5.75 Å². The Labute approximate surface area is 151 Å². The van der Waals surface area contributed by atoms with Gasteiger partial charge in [0.2, 0.25) is 0 Å². The molecule has 126 valence electrons. The summed E-state index contributed by atoms with van der Waals surface area (Å²) < 4.78 is 5.20. The second-order valence-corrected chi connectivity index (χ2v) is 6.04. The Morgan fingerprint density at radius 3 is 2.48 bits per heavy atom. The van der Waals surface area contributed by atoms with Gasteiger partial charge in [0.15, 0.2) is 0 Å². The lowest BCUT2D eigenvalue weighted by molar-refractivity contribution is -0.118. The fourth-order valence-electron chi connectivity index (χ4n) is 2.81. The van der Waals surface area contributed by atoms with E-state index in [1.807, 2.05) is 66.4 Å². The monoisotopic (exact) mass is 351 g/mol. The fourth-order valence-corrected chi connectivity index (χ4v) is 3.19. The Kier molecular flexibility index (Phi) is 4.68. The minimum absolute atomic E-state index is 0.00338. The van der Waals surface area contributed by atoms with E-state index in [4.69, 9.17) is 4.74 Å². The second kappa shape index (κ2) is 6.91. The summed E-state index contributed by atoms with van der Waals surface area (Å²) in [6, 6.07) is 17.1. The number of nitriles is 1. The van der Waals surface area contributed by atoms with Gasteiger partial charge < -0.3 is 15.0 Å². The fraction of sp³-hybridized carbons (Fsp3) is 0.158. The number of hydrogen-bond donors (Lipinski definition) is 2. The maximum atomic E-state index is 12.3. The number of ether oxygens (including phenoxy) is 1. The molecule has 1 N–H and O–H groups in total. The van der Waals surface area contributed by atoms with Crippen molar-refractivity contribution in [3.63, 3.8) is 0 Å². The van der Waals surface area contributed by atoms with Gasteiger partial charge in [0.25, 0.3) is 5.91 Å². The maximum absolute atomic E-state index is 12.3. The van der Waals surface area contributed by atoms with Gasteiger partial charge in [-0.15, -0.1) is 12.6 Å². The number of carbonyl (C=O) groups excluding carboxylic acids is 1. The zero-order valence-electron chi connectivity index (χ0n) is 13.9. The summed E-state index contributed by atoms with van der Waals surface area (Å²) in [5, 5.41) is 12.6. The van der Waals surface area contributed by atoms with Crippen molar-refractivity contribution in [3.8, 4) is 11.8 Å². The Bertz CT molecular complexity index is 884. The van der Waals surface area contributed by atoms with Crippen LogP contribution in [0.3, 0.4) is 0 Å². The number of aryl methyl sites for hydroxylation is 1. The van der Waals surface area contributed by atoms with Gasteiger partial charge in [0.05, 0.1) is 12.1 Å². The van der Waals surface area contributed by atoms with Gasteiger partial charge in [-0.05, 0) is 36.2 Å². The number of hydrogen-bond acceptors (Lipinski definition) is 5. The first kappa shape index (κ1) is 16.9. The van der Waals surface area contributed by atoms with Crippen LogP contribution in [0, 0.1) is 18.3 Å². The minimum Gasteiger partial charge on any atom is -0.497 e. The van der Waals surface area contributed by atoms with Gasteiger partial charge in [-0.3, -0.25) is 4.79 Å². The third kappa shape index (κ3) is 3.06. The molecule has 2 aromatic carbocycles. The molecule has 0 aliphatic carbocycles. The molecule has 0 saturated carbocycles. The first-order valence-electron chi connectivity index (χ1n) is 7.70. The third-order valence-corrected chi connectivity index (χ3v) is 4.56. The number of benzene rings is 2. The number of rotatable bonds is 3. The molecule has 1 aliphatic rings. The van der Waals surface area contributed by atoms with Crippen LogP contribution in [0.2, 0.25) is 0 Å². The summed E-state index contributed by atoms with van der Waals surface area (Å²) in [6.45, 7) is 1.98. The van der Waals surface area contributed by atoms with E-state index < -0.39 is 12.1 Å². The standard InChI is InChI=1S/C19H17N3O2S/c1-12-5-3-4-6-16(12)22-17(13-7-9-14(24-2)10-8-13)21-18(23)15(11-20)19(22)25/h3-10,17,25H,1-2H3,(H,21,23). The summed E-state index contributed by atoms with van der Waals surface area (Å²) in [5.74, 6) is 0.297. The molecule has 3 rings (SSSR count). The quantitative estimate of drug-likeness (QED) is 0.833. The Morgan fingerprint density at radius 1 is 1.20 bits per heavy atom. The van der Waals surface area contributed by atoms with E-state index >= 15 is 0 Å². The maximum Gasteiger partial charge on any atom is 0.266 e. The van der Waals surface area contributed by atoms with Crippen LogP contribution in [-0.2, 0) is 4.79 Å². The zero-order valence-corrected chi connectivity index (χ0v) is 14.7. The van der Waals surface area contributed by atoms with Crippen molar-refractivity contribution in [3.05, 3.63) is 70.3 Å². The van der Waals surface area contributed by atoms with Crippen molar-refractivity contribution in [2.75, 3.05) is 12.0 Å². The third-order valence-electron chi connectivity index (χ3n) is 4.12. The largest absolute Gasteiger partial charge is 0.497 e. The smallest absolute Gasteiger partial charge is 0.266 e.